The number of carbonyl (C=O) groups excluding carboxylic acids is 2. The summed E-state index contributed by atoms with van der Waals surface area (Å²) < 4.78 is 0. The maximum atomic E-state index is 12.5. The molecule has 0 saturated carbocycles. The van der Waals surface area contributed by atoms with Crippen LogP contribution in [0.1, 0.15) is 25.3 Å². The lowest BCUT2D eigenvalue weighted by molar-refractivity contribution is -0.136. The summed E-state index contributed by atoms with van der Waals surface area (Å²) in [7, 11) is 0. The minimum Gasteiger partial charge on any atom is -0.481 e. The third kappa shape index (κ3) is 3.06. The van der Waals surface area contributed by atoms with E-state index < -0.39 is 12.0 Å². The molecule has 23 heavy (non-hydrogen) atoms. The smallest absolute Gasteiger partial charge is 0.307 e. The highest BCUT2D eigenvalue weighted by Crippen LogP contribution is 2.47. The number of nitrogens with zero attached hydrogens (tertiary/aromatic N) is 1. The van der Waals surface area contributed by atoms with E-state index in [1.165, 1.54) is 0 Å². The van der Waals surface area contributed by atoms with Crippen molar-refractivity contribution in [1.82, 2.24) is 4.90 Å². The number of anilines is 1. The number of rotatable bonds is 4. The van der Waals surface area contributed by atoms with E-state index in [0.717, 1.165) is 6.42 Å². The summed E-state index contributed by atoms with van der Waals surface area (Å²) >= 11 is 1.65. The van der Waals surface area contributed by atoms with Crippen LogP contribution in [-0.2, 0) is 20.8 Å². The summed E-state index contributed by atoms with van der Waals surface area (Å²) in [6.45, 7) is 2.01. The van der Waals surface area contributed by atoms with Gasteiger partial charge in [-0.3, -0.25) is 14.4 Å². The molecule has 2 aliphatic heterocycles. The first-order valence-corrected chi connectivity index (χ1v) is 8.45. The highest BCUT2D eigenvalue weighted by atomic mass is 32.2. The fourth-order valence-electron chi connectivity index (χ4n) is 3.12. The number of thioether (sulfide) groups is 1. The Labute approximate surface area is 138 Å². The van der Waals surface area contributed by atoms with Crippen LogP contribution in [-0.4, -0.2) is 44.5 Å². The van der Waals surface area contributed by atoms with Crippen molar-refractivity contribution in [3.05, 3.63) is 29.8 Å². The van der Waals surface area contributed by atoms with Crippen molar-refractivity contribution >= 4 is 35.2 Å². The predicted molar refractivity (Wildman–Crippen MR) is 87.1 cm³/mol. The number of fused-ring (bicyclic) bond motifs is 1. The Bertz CT molecular complexity index is 661. The molecule has 2 heterocycles. The SMILES string of the molecule is CC12CCC(=O)N1C(C(=O)Nc1ccc(CC(=O)O)cc1)CS2. The molecule has 2 aliphatic rings. The van der Waals surface area contributed by atoms with Crippen LogP contribution in [0, 0.1) is 0 Å². The molecule has 0 bridgehead atoms. The Morgan fingerprint density at radius 1 is 1.39 bits per heavy atom. The molecule has 122 valence electrons. The molecule has 0 radical (unpaired) electrons. The lowest BCUT2D eigenvalue weighted by atomic mass is 10.1. The monoisotopic (exact) mass is 334 g/mol. The quantitative estimate of drug-likeness (QED) is 0.875. The first kappa shape index (κ1) is 15.9. The largest absolute Gasteiger partial charge is 0.481 e. The number of nitrogens with one attached hydrogen (secondary N) is 1. The van der Waals surface area contributed by atoms with E-state index in [0.29, 0.717) is 23.4 Å². The van der Waals surface area contributed by atoms with Gasteiger partial charge in [-0.1, -0.05) is 12.1 Å². The standard InChI is InChI=1S/C16H18N2O4S/c1-16-7-6-13(19)18(16)12(9-23-16)15(22)17-11-4-2-10(3-5-11)8-14(20)21/h2-5,12H,6-9H2,1H3,(H,17,22)(H,20,21). The summed E-state index contributed by atoms with van der Waals surface area (Å²) in [5.41, 5.74) is 1.28. The van der Waals surface area contributed by atoms with Gasteiger partial charge in [0, 0.05) is 17.9 Å². The molecule has 0 spiro atoms. The Balaban J connectivity index is 1.67. The van der Waals surface area contributed by atoms with E-state index in [1.54, 1.807) is 40.9 Å². The topological polar surface area (TPSA) is 86.7 Å². The molecular weight excluding hydrogens is 316 g/mol. The minimum absolute atomic E-state index is 0.0365. The van der Waals surface area contributed by atoms with Gasteiger partial charge in [0.15, 0.2) is 0 Å². The van der Waals surface area contributed by atoms with Gasteiger partial charge in [0.2, 0.25) is 11.8 Å². The molecule has 2 atom stereocenters. The second-order valence-electron chi connectivity index (χ2n) is 6.02. The van der Waals surface area contributed by atoms with E-state index >= 15 is 0 Å². The van der Waals surface area contributed by atoms with E-state index in [4.69, 9.17) is 5.11 Å². The van der Waals surface area contributed by atoms with Crippen LogP contribution in [0.25, 0.3) is 0 Å². The molecule has 1 aromatic rings. The van der Waals surface area contributed by atoms with Gasteiger partial charge in [-0.05, 0) is 31.0 Å². The number of benzene rings is 1. The third-order valence-electron chi connectivity index (χ3n) is 4.32. The van der Waals surface area contributed by atoms with Gasteiger partial charge in [-0.2, -0.15) is 0 Å². The summed E-state index contributed by atoms with van der Waals surface area (Å²) in [6.07, 6.45) is 1.23. The van der Waals surface area contributed by atoms with Crippen LogP contribution < -0.4 is 5.32 Å². The highest BCUT2D eigenvalue weighted by molar-refractivity contribution is 8.01. The predicted octanol–water partition coefficient (Wildman–Crippen LogP) is 1.71. The summed E-state index contributed by atoms with van der Waals surface area (Å²) in [6, 6.07) is 6.28. The molecule has 1 aromatic carbocycles. The van der Waals surface area contributed by atoms with Crippen LogP contribution in [0.2, 0.25) is 0 Å². The minimum atomic E-state index is -0.892. The molecule has 2 saturated heterocycles. The molecule has 2 fully saturated rings. The Kier molecular flexibility index (Phi) is 4.06. The maximum Gasteiger partial charge on any atom is 0.307 e. The number of carbonyl (C=O) groups is 3. The number of hydrogen-bond acceptors (Lipinski definition) is 4. The third-order valence-corrected chi connectivity index (χ3v) is 5.83. The van der Waals surface area contributed by atoms with Crippen LogP contribution in [0.5, 0.6) is 0 Å². The zero-order valence-electron chi connectivity index (χ0n) is 12.7. The number of aliphatic carboxylic acids is 1. The average molecular weight is 334 g/mol. The van der Waals surface area contributed by atoms with Crippen LogP contribution in [0.4, 0.5) is 5.69 Å². The highest BCUT2D eigenvalue weighted by Gasteiger charge is 2.52. The molecule has 0 aliphatic carbocycles. The van der Waals surface area contributed by atoms with E-state index in [2.05, 4.69) is 5.32 Å². The zero-order chi connectivity index (χ0) is 16.6. The molecule has 2 N–H and O–H groups in total. The van der Waals surface area contributed by atoms with Gasteiger partial charge < -0.3 is 15.3 Å². The van der Waals surface area contributed by atoms with Gasteiger partial charge in [0.1, 0.15) is 6.04 Å². The van der Waals surface area contributed by atoms with Crippen molar-refractivity contribution in [2.75, 3.05) is 11.1 Å². The maximum absolute atomic E-state index is 12.5. The Hall–Kier alpha value is -2.02. The van der Waals surface area contributed by atoms with Crippen molar-refractivity contribution in [1.29, 1.82) is 0 Å². The first-order chi connectivity index (χ1) is 10.9. The van der Waals surface area contributed by atoms with E-state index in [9.17, 15) is 14.4 Å². The molecule has 0 aromatic heterocycles. The van der Waals surface area contributed by atoms with Crippen molar-refractivity contribution in [3.8, 4) is 0 Å². The van der Waals surface area contributed by atoms with Gasteiger partial charge in [-0.25, -0.2) is 0 Å². The molecule has 3 rings (SSSR count). The molecule has 6 nitrogen and oxygen atoms in total. The number of hydrogen-bond donors (Lipinski definition) is 2. The molecule has 2 unspecified atom stereocenters. The summed E-state index contributed by atoms with van der Waals surface area (Å²) in [4.78, 5) is 36.7. The summed E-state index contributed by atoms with van der Waals surface area (Å²) in [5.74, 6) is -0.445. The number of carboxylic acid groups (broad SMARTS) is 1. The van der Waals surface area contributed by atoms with Crippen molar-refractivity contribution < 1.29 is 19.5 Å². The van der Waals surface area contributed by atoms with E-state index in [1.807, 2.05) is 6.92 Å². The second kappa shape index (κ2) is 5.88. The zero-order valence-corrected chi connectivity index (χ0v) is 13.6. The van der Waals surface area contributed by atoms with Crippen molar-refractivity contribution in [3.63, 3.8) is 0 Å². The molecular formula is C16H18N2O4S. The number of carboxylic acids is 1. The second-order valence-corrected chi connectivity index (χ2v) is 7.52. The van der Waals surface area contributed by atoms with Crippen LogP contribution in [0.3, 0.4) is 0 Å². The molecule has 7 heteroatoms. The Morgan fingerprint density at radius 2 is 2.09 bits per heavy atom. The number of amides is 2. The fraction of sp³-hybridized carbons (Fsp3) is 0.438. The van der Waals surface area contributed by atoms with Crippen molar-refractivity contribution in [2.24, 2.45) is 0 Å². The van der Waals surface area contributed by atoms with Gasteiger partial charge in [0.05, 0.1) is 11.3 Å². The fourth-order valence-corrected chi connectivity index (χ4v) is 4.55. The van der Waals surface area contributed by atoms with Crippen LogP contribution in [0.15, 0.2) is 24.3 Å². The van der Waals surface area contributed by atoms with Gasteiger partial charge >= 0.3 is 5.97 Å². The van der Waals surface area contributed by atoms with Crippen molar-refractivity contribution in [2.45, 2.75) is 37.1 Å². The van der Waals surface area contributed by atoms with Gasteiger partial charge in [-0.15, -0.1) is 11.8 Å². The van der Waals surface area contributed by atoms with Crippen LogP contribution >= 0.6 is 11.8 Å². The van der Waals surface area contributed by atoms with Gasteiger partial charge in [0.25, 0.3) is 0 Å². The lowest BCUT2D eigenvalue weighted by Gasteiger charge is -2.29. The lowest BCUT2D eigenvalue weighted by Crippen LogP contribution is -2.48. The Morgan fingerprint density at radius 3 is 2.74 bits per heavy atom. The average Bonchev–Trinajstić information content (AvgIpc) is 2.98. The molecule has 2 amide bonds. The normalized spacial score (nSPS) is 26.2. The summed E-state index contributed by atoms with van der Waals surface area (Å²) in [5, 5.41) is 11.6. The first-order valence-electron chi connectivity index (χ1n) is 7.47. The van der Waals surface area contributed by atoms with E-state index in [-0.39, 0.29) is 23.1 Å².